The molecule has 1 aliphatic carbocycles. The molecular formula is C52H41N5. The number of benzene rings is 6. The average Bonchev–Trinajstić information content (AvgIpc) is 3.71. The van der Waals surface area contributed by atoms with E-state index in [1.165, 1.54) is 33.4 Å². The van der Waals surface area contributed by atoms with Crippen molar-refractivity contribution in [3.63, 3.8) is 0 Å². The van der Waals surface area contributed by atoms with E-state index in [9.17, 15) is 0 Å². The van der Waals surface area contributed by atoms with Crippen molar-refractivity contribution < 1.29 is 0 Å². The van der Waals surface area contributed by atoms with Gasteiger partial charge in [0.25, 0.3) is 0 Å². The molecule has 6 aromatic carbocycles. The first-order valence-electron chi connectivity index (χ1n) is 19.6. The maximum Gasteiger partial charge on any atom is 0.182 e. The minimum Gasteiger partial charge on any atom is -0.321 e. The first-order valence-corrected chi connectivity index (χ1v) is 19.6. The van der Waals surface area contributed by atoms with Gasteiger partial charge in [-0.3, -0.25) is 4.90 Å². The highest BCUT2D eigenvalue weighted by molar-refractivity contribution is 6.22. The second-order valence-corrected chi connectivity index (χ2v) is 15.2. The molecule has 0 unspecified atom stereocenters. The van der Waals surface area contributed by atoms with Crippen LogP contribution in [-0.4, -0.2) is 26.4 Å². The van der Waals surface area contributed by atoms with Crippen LogP contribution in [0.2, 0.25) is 0 Å². The Balaban J connectivity index is 1.30. The van der Waals surface area contributed by atoms with Crippen molar-refractivity contribution in [3.05, 3.63) is 211 Å². The summed E-state index contributed by atoms with van der Waals surface area (Å²) in [6, 6.07) is 45.3. The molecule has 1 aromatic heterocycles. The molecule has 2 aliphatic heterocycles. The Bertz CT molecular complexity index is 2910. The zero-order chi connectivity index (χ0) is 38.7. The Morgan fingerprint density at radius 1 is 0.684 bits per heavy atom. The number of para-hydroxylation sites is 1. The summed E-state index contributed by atoms with van der Waals surface area (Å²) in [6.45, 7) is 11.7. The summed E-state index contributed by atoms with van der Waals surface area (Å²) >= 11 is 0. The van der Waals surface area contributed by atoms with E-state index in [0.717, 1.165) is 62.1 Å². The second kappa shape index (κ2) is 13.6. The van der Waals surface area contributed by atoms with Crippen LogP contribution >= 0.6 is 0 Å². The summed E-state index contributed by atoms with van der Waals surface area (Å²) in [4.78, 5) is 20.2. The highest BCUT2D eigenvalue weighted by Crippen LogP contribution is 2.52. The molecule has 5 heteroatoms. The monoisotopic (exact) mass is 735 g/mol. The minimum absolute atomic E-state index is 0.262. The lowest BCUT2D eigenvalue weighted by Gasteiger charge is -2.28. The van der Waals surface area contributed by atoms with Gasteiger partial charge in [-0.05, 0) is 92.2 Å². The molecule has 10 rings (SSSR count). The molecule has 0 saturated heterocycles. The van der Waals surface area contributed by atoms with Crippen molar-refractivity contribution in [1.82, 2.24) is 19.9 Å². The van der Waals surface area contributed by atoms with E-state index >= 15 is 0 Å². The van der Waals surface area contributed by atoms with Gasteiger partial charge in [-0.2, -0.15) is 0 Å². The summed E-state index contributed by atoms with van der Waals surface area (Å²) in [5.74, 6) is 2.30. The molecule has 0 N–H and O–H groups in total. The van der Waals surface area contributed by atoms with Gasteiger partial charge >= 0.3 is 0 Å². The fourth-order valence-corrected chi connectivity index (χ4v) is 9.17. The summed E-state index contributed by atoms with van der Waals surface area (Å²) in [5.41, 5.74) is 12.1. The van der Waals surface area contributed by atoms with Crippen molar-refractivity contribution in [2.75, 3.05) is 11.4 Å². The fraction of sp³-hybridized carbons (Fsp3) is 0.0962. The number of rotatable bonds is 7. The van der Waals surface area contributed by atoms with Crippen molar-refractivity contribution >= 4 is 44.2 Å². The van der Waals surface area contributed by atoms with E-state index in [1.54, 1.807) is 6.33 Å². The number of allylic oxidation sites excluding steroid dienone is 7. The number of aromatic nitrogens is 3. The SMILES string of the molecule is C=CC1=C(/C=C\C)c2cc3c(-c4ccccc4)c4ccccc4c(-c4ncnc(C5=C(c6ccccc6)N6CC=CC=C6N5c5ccccc5)n4)c3cc2C1(C)C. The van der Waals surface area contributed by atoms with Gasteiger partial charge in [0.2, 0.25) is 0 Å². The van der Waals surface area contributed by atoms with Crippen LogP contribution in [0.3, 0.4) is 0 Å². The van der Waals surface area contributed by atoms with Crippen LogP contribution in [0.1, 0.15) is 43.3 Å². The molecule has 0 radical (unpaired) electrons. The smallest absolute Gasteiger partial charge is 0.182 e. The predicted octanol–water partition coefficient (Wildman–Crippen LogP) is 12.4. The first kappa shape index (κ1) is 34.4. The molecule has 0 saturated carbocycles. The van der Waals surface area contributed by atoms with Crippen LogP contribution in [0.15, 0.2) is 188 Å². The lowest BCUT2D eigenvalue weighted by atomic mass is 9.79. The molecule has 0 atom stereocenters. The van der Waals surface area contributed by atoms with Crippen molar-refractivity contribution in [1.29, 1.82) is 0 Å². The van der Waals surface area contributed by atoms with Gasteiger partial charge in [-0.1, -0.05) is 154 Å². The van der Waals surface area contributed by atoms with Gasteiger partial charge in [-0.15, -0.1) is 0 Å². The summed E-state index contributed by atoms with van der Waals surface area (Å²) in [5, 5.41) is 4.50. The topological polar surface area (TPSA) is 45.2 Å². The predicted molar refractivity (Wildman–Crippen MR) is 237 cm³/mol. The van der Waals surface area contributed by atoms with Crippen molar-refractivity contribution in [2.45, 2.75) is 26.2 Å². The standard InChI is InChI=1S/C52H41N5/c1-5-20-37-40-31-41-42(32-44(40)52(3,4)43(37)6-2)47(39-28-17-16-27-38(39)46(41)34-21-10-7-11-22-34)50-53-33-54-51(55-50)49-48(35-23-12-8-13-24-35)56-30-19-18-29-45(56)57(49)36-25-14-9-15-26-36/h5-29,31-33H,2,30H2,1,3-4H3/b20-5-. The molecule has 274 valence electrons. The van der Waals surface area contributed by atoms with Crippen LogP contribution in [0.4, 0.5) is 5.69 Å². The van der Waals surface area contributed by atoms with Crippen LogP contribution in [-0.2, 0) is 5.41 Å². The molecule has 3 aliphatic rings. The van der Waals surface area contributed by atoms with E-state index < -0.39 is 0 Å². The fourth-order valence-electron chi connectivity index (χ4n) is 9.17. The second-order valence-electron chi connectivity index (χ2n) is 15.2. The largest absolute Gasteiger partial charge is 0.321 e. The normalized spacial score (nSPS) is 15.9. The minimum atomic E-state index is -0.262. The Labute approximate surface area is 333 Å². The number of nitrogens with zero attached hydrogens (tertiary/aromatic N) is 5. The van der Waals surface area contributed by atoms with Gasteiger partial charge in [0.1, 0.15) is 17.8 Å². The van der Waals surface area contributed by atoms with E-state index in [0.29, 0.717) is 11.6 Å². The van der Waals surface area contributed by atoms with Gasteiger partial charge in [0.05, 0.1) is 5.70 Å². The molecular weight excluding hydrogens is 695 g/mol. The molecule has 0 amide bonds. The summed E-state index contributed by atoms with van der Waals surface area (Å²) in [7, 11) is 0. The molecule has 57 heavy (non-hydrogen) atoms. The van der Waals surface area contributed by atoms with Crippen LogP contribution in [0.25, 0.3) is 61.0 Å². The van der Waals surface area contributed by atoms with Crippen molar-refractivity contribution in [2.24, 2.45) is 0 Å². The molecule has 7 aromatic rings. The maximum atomic E-state index is 5.51. The average molecular weight is 736 g/mol. The number of fused-ring (bicyclic) bond motifs is 4. The Hall–Kier alpha value is -7.11. The highest BCUT2D eigenvalue weighted by Gasteiger charge is 2.39. The van der Waals surface area contributed by atoms with Crippen LogP contribution in [0, 0.1) is 0 Å². The molecule has 3 heterocycles. The number of anilines is 1. The lowest BCUT2D eigenvalue weighted by molar-refractivity contribution is 0.546. The van der Waals surface area contributed by atoms with E-state index in [1.807, 2.05) is 6.08 Å². The molecule has 0 spiro atoms. The molecule has 0 fully saturated rings. The summed E-state index contributed by atoms with van der Waals surface area (Å²) < 4.78 is 0. The maximum absolute atomic E-state index is 5.51. The Morgan fingerprint density at radius 3 is 2.02 bits per heavy atom. The zero-order valence-corrected chi connectivity index (χ0v) is 32.3. The number of hydrogen-bond donors (Lipinski definition) is 0. The highest BCUT2D eigenvalue weighted by atomic mass is 15.4. The van der Waals surface area contributed by atoms with Gasteiger partial charge in [-0.25, -0.2) is 15.0 Å². The summed E-state index contributed by atoms with van der Waals surface area (Å²) in [6.07, 6.45) is 14.6. The Kier molecular flexibility index (Phi) is 8.19. The van der Waals surface area contributed by atoms with Gasteiger partial charge < -0.3 is 4.90 Å². The molecule has 0 bridgehead atoms. The van der Waals surface area contributed by atoms with Crippen LogP contribution < -0.4 is 4.90 Å². The van der Waals surface area contributed by atoms with Gasteiger partial charge in [0.15, 0.2) is 11.6 Å². The quantitative estimate of drug-likeness (QED) is 0.153. The van der Waals surface area contributed by atoms with Crippen LogP contribution in [0.5, 0.6) is 0 Å². The Morgan fingerprint density at radius 2 is 1.32 bits per heavy atom. The van der Waals surface area contributed by atoms with E-state index in [2.05, 4.69) is 195 Å². The van der Waals surface area contributed by atoms with E-state index in [-0.39, 0.29) is 5.41 Å². The third kappa shape index (κ3) is 5.34. The van der Waals surface area contributed by atoms with Gasteiger partial charge in [0, 0.05) is 28.8 Å². The first-order chi connectivity index (χ1) is 28.0. The third-order valence-electron chi connectivity index (χ3n) is 11.7. The third-order valence-corrected chi connectivity index (χ3v) is 11.7. The van der Waals surface area contributed by atoms with Crippen molar-refractivity contribution in [3.8, 4) is 22.5 Å². The molecule has 5 nitrogen and oxygen atoms in total. The number of hydrogen-bond acceptors (Lipinski definition) is 5. The zero-order valence-electron chi connectivity index (χ0n) is 32.3. The lowest BCUT2D eigenvalue weighted by Crippen LogP contribution is -2.27. The van der Waals surface area contributed by atoms with E-state index in [4.69, 9.17) is 15.0 Å².